The van der Waals surface area contributed by atoms with Crippen LogP contribution < -0.4 is 0 Å². The highest BCUT2D eigenvalue weighted by atomic mass is 79.9. The van der Waals surface area contributed by atoms with Crippen molar-refractivity contribution in [2.75, 3.05) is 6.61 Å². The van der Waals surface area contributed by atoms with Crippen LogP contribution in [-0.4, -0.2) is 18.4 Å². The topological polar surface area (TPSA) is 43.4 Å². The Hall–Kier alpha value is -1.94. The molecule has 0 aliphatic rings. The minimum Gasteiger partial charge on any atom is -0.462 e. The minimum atomic E-state index is -0.399. The van der Waals surface area contributed by atoms with Crippen LogP contribution in [0.5, 0.6) is 0 Å². The van der Waals surface area contributed by atoms with Gasteiger partial charge in [0.1, 0.15) is 0 Å². The van der Waals surface area contributed by atoms with E-state index in [9.17, 15) is 9.59 Å². The minimum absolute atomic E-state index is 0.0196. The normalized spacial score (nSPS) is 10.3. The first-order valence-electron chi connectivity index (χ1n) is 7.15. The summed E-state index contributed by atoms with van der Waals surface area (Å²) >= 11 is 3.42. The first kappa shape index (κ1) is 16.4. The molecule has 0 amide bonds. The van der Waals surface area contributed by atoms with Crippen LogP contribution in [0.15, 0.2) is 53.0 Å². The van der Waals surface area contributed by atoms with Crippen LogP contribution in [0.1, 0.15) is 39.6 Å². The molecule has 0 aliphatic heterocycles. The van der Waals surface area contributed by atoms with Crippen LogP contribution in [0.3, 0.4) is 0 Å². The SMILES string of the molecule is CCOC(=O)c1cccc(C(=O)CCc2cccc(Br)c2)c1. The van der Waals surface area contributed by atoms with Gasteiger partial charge < -0.3 is 4.74 Å². The van der Waals surface area contributed by atoms with Gasteiger partial charge in [0.2, 0.25) is 0 Å². The van der Waals surface area contributed by atoms with Gasteiger partial charge in [-0.15, -0.1) is 0 Å². The second-order valence-electron chi connectivity index (χ2n) is 4.85. The highest BCUT2D eigenvalue weighted by molar-refractivity contribution is 9.10. The molecule has 0 saturated carbocycles. The third-order valence-electron chi connectivity index (χ3n) is 3.23. The molecule has 2 rings (SSSR count). The van der Waals surface area contributed by atoms with Crippen molar-refractivity contribution in [3.8, 4) is 0 Å². The third kappa shape index (κ3) is 4.53. The summed E-state index contributed by atoms with van der Waals surface area (Å²) in [5.74, 6) is -0.379. The molecule has 2 aromatic rings. The molecule has 0 radical (unpaired) electrons. The lowest BCUT2D eigenvalue weighted by molar-refractivity contribution is 0.0526. The summed E-state index contributed by atoms with van der Waals surface area (Å²) in [5, 5.41) is 0. The van der Waals surface area contributed by atoms with E-state index in [1.54, 1.807) is 31.2 Å². The van der Waals surface area contributed by atoms with Crippen molar-refractivity contribution in [2.24, 2.45) is 0 Å². The number of ether oxygens (including phenoxy) is 1. The quantitative estimate of drug-likeness (QED) is 0.564. The van der Waals surface area contributed by atoms with E-state index >= 15 is 0 Å². The van der Waals surface area contributed by atoms with Gasteiger partial charge in [-0.05, 0) is 43.2 Å². The Morgan fingerprint density at radius 3 is 2.50 bits per heavy atom. The van der Waals surface area contributed by atoms with Gasteiger partial charge in [-0.3, -0.25) is 4.79 Å². The maximum atomic E-state index is 12.3. The van der Waals surface area contributed by atoms with Gasteiger partial charge >= 0.3 is 5.97 Å². The number of carbonyl (C=O) groups is 2. The van der Waals surface area contributed by atoms with Gasteiger partial charge in [0.15, 0.2) is 5.78 Å². The van der Waals surface area contributed by atoms with Crippen molar-refractivity contribution < 1.29 is 14.3 Å². The molecule has 0 saturated heterocycles. The van der Waals surface area contributed by atoms with Gasteiger partial charge in [-0.2, -0.15) is 0 Å². The number of carbonyl (C=O) groups excluding carboxylic acids is 2. The average Bonchev–Trinajstić information content (AvgIpc) is 2.53. The average molecular weight is 361 g/mol. The zero-order chi connectivity index (χ0) is 15.9. The molecule has 0 spiro atoms. The van der Waals surface area contributed by atoms with Crippen LogP contribution in [0.25, 0.3) is 0 Å². The van der Waals surface area contributed by atoms with Crippen LogP contribution >= 0.6 is 15.9 Å². The lowest BCUT2D eigenvalue weighted by atomic mass is 10.0. The van der Waals surface area contributed by atoms with Crippen molar-refractivity contribution in [3.05, 3.63) is 69.7 Å². The molecule has 22 heavy (non-hydrogen) atoms. The summed E-state index contributed by atoms with van der Waals surface area (Å²) in [6.07, 6.45) is 1.07. The predicted octanol–water partition coefficient (Wildman–Crippen LogP) is 4.44. The monoisotopic (exact) mass is 360 g/mol. The third-order valence-corrected chi connectivity index (χ3v) is 3.72. The Kier molecular flexibility index (Phi) is 5.90. The van der Waals surface area contributed by atoms with Gasteiger partial charge in [-0.25, -0.2) is 4.79 Å². The Bertz CT molecular complexity index is 680. The summed E-state index contributed by atoms with van der Waals surface area (Å²) < 4.78 is 5.95. The van der Waals surface area contributed by atoms with Crippen molar-refractivity contribution in [1.82, 2.24) is 0 Å². The fourth-order valence-corrected chi connectivity index (χ4v) is 2.58. The molecular formula is C18H17BrO3. The number of halogens is 1. The van der Waals surface area contributed by atoms with Crippen molar-refractivity contribution in [3.63, 3.8) is 0 Å². The molecule has 0 unspecified atom stereocenters. The van der Waals surface area contributed by atoms with Gasteiger partial charge in [-0.1, -0.05) is 40.2 Å². The van der Waals surface area contributed by atoms with E-state index in [2.05, 4.69) is 15.9 Å². The maximum Gasteiger partial charge on any atom is 0.338 e. The Morgan fingerprint density at radius 1 is 1.05 bits per heavy atom. The van der Waals surface area contributed by atoms with E-state index in [1.807, 2.05) is 24.3 Å². The van der Waals surface area contributed by atoms with Gasteiger partial charge in [0.05, 0.1) is 12.2 Å². The highest BCUT2D eigenvalue weighted by Gasteiger charge is 2.11. The summed E-state index contributed by atoms with van der Waals surface area (Å²) in [5.41, 5.74) is 2.06. The second-order valence-corrected chi connectivity index (χ2v) is 5.77. The van der Waals surface area contributed by atoms with Gasteiger partial charge in [0.25, 0.3) is 0 Å². The maximum absolute atomic E-state index is 12.3. The number of rotatable bonds is 6. The number of esters is 1. The van der Waals surface area contributed by atoms with E-state index in [0.717, 1.165) is 10.0 Å². The summed E-state index contributed by atoms with van der Waals surface area (Å²) in [7, 11) is 0. The molecule has 114 valence electrons. The van der Waals surface area contributed by atoms with E-state index in [0.29, 0.717) is 30.6 Å². The molecule has 0 atom stereocenters. The number of benzene rings is 2. The molecule has 0 aliphatic carbocycles. The van der Waals surface area contributed by atoms with E-state index in [4.69, 9.17) is 4.74 Å². The van der Waals surface area contributed by atoms with E-state index in [1.165, 1.54) is 0 Å². The van der Waals surface area contributed by atoms with Crippen LogP contribution in [0, 0.1) is 0 Å². The van der Waals surface area contributed by atoms with Crippen molar-refractivity contribution in [1.29, 1.82) is 0 Å². The predicted molar refractivity (Wildman–Crippen MR) is 89.2 cm³/mol. The largest absolute Gasteiger partial charge is 0.462 e. The molecule has 0 bridgehead atoms. The summed E-state index contributed by atoms with van der Waals surface area (Å²) in [6, 6.07) is 14.6. The molecular weight excluding hydrogens is 344 g/mol. The number of aryl methyl sites for hydroxylation is 1. The van der Waals surface area contributed by atoms with Crippen LogP contribution in [-0.2, 0) is 11.2 Å². The highest BCUT2D eigenvalue weighted by Crippen LogP contribution is 2.15. The van der Waals surface area contributed by atoms with Crippen LogP contribution in [0.2, 0.25) is 0 Å². The van der Waals surface area contributed by atoms with Gasteiger partial charge in [0, 0.05) is 16.5 Å². The molecule has 4 heteroatoms. The zero-order valence-electron chi connectivity index (χ0n) is 12.3. The fourth-order valence-electron chi connectivity index (χ4n) is 2.13. The first-order chi connectivity index (χ1) is 10.6. The smallest absolute Gasteiger partial charge is 0.338 e. The molecule has 0 heterocycles. The van der Waals surface area contributed by atoms with Crippen LogP contribution in [0.4, 0.5) is 0 Å². The lowest BCUT2D eigenvalue weighted by Gasteiger charge is -2.05. The number of hydrogen-bond donors (Lipinski definition) is 0. The molecule has 2 aromatic carbocycles. The molecule has 0 N–H and O–H groups in total. The van der Waals surface area contributed by atoms with Crippen molar-refractivity contribution in [2.45, 2.75) is 19.8 Å². The van der Waals surface area contributed by atoms with E-state index < -0.39 is 5.97 Å². The molecule has 0 aromatic heterocycles. The molecule has 0 fully saturated rings. The standard InChI is InChI=1S/C18H17BrO3/c1-2-22-18(21)15-7-4-6-14(12-15)17(20)10-9-13-5-3-8-16(19)11-13/h3-8,11-12H,2,9-10H2,1H3. The number of ketones is 1. The summed E-state index contributed by atoms with van der Waals surface area (Å²) in [4.78, 5) is 24.0. The Morgan fingerprint density at radius 2 is 1.77 bits per heavy atom. The van der Waals surface area contributed by atoms with Crippen molar-refractivity contribution >= 4 is 27.7 Å². The first-order valence-corrected chi connectivity index (χ1v) is 7.94. The Labute approximate surface area is 138 Å². The van der Waals surface area contributed by atoms with E-state index in [-0.39, 0.29) is 5.78 Å². The second kappa shape index (κ2) is 7.90. The number of Topliss-reactive ketones (excluding diaryl/α,β-unsaturated/α-hetero) is 1. The zero-order valence-corrected chi connectivity index (χ0v) is 13.9. The fraction of sp³-hybridized carbons (Fsp3) is 0.222. The molecule has 3 nitrogen and oxygen atoms in total. The Balaban J connectivity index is 2.03. The number of hydrogen-bond acceptors (Lipinski definition) is 3. The lowest BCUT2D eigenvalue weighted by Crippen LogP contribution is -2.07. The summed E-state index contributed by atoms with van der Waals surface area (Å²) in [6.45, 7) is 2.07.